The molecule has 2 aromatic carbocycles. The van der Waals surface area contributed by atoms with E-state index in [2.05, 4.69) is 10.2 Å². The van der Waals surface area contributed by atoms with Crippen molar-refractivity contribution in [3.8, 4) is 11.6 Å². The minimum absolute atomic E-state index is 0.00211. The lowest BCUT2D eigenvalue weighted by Crippen LogP contribution is -2.08. The van der Waals surface area contributed by atoms with E-state index in [9.17, 15) is 9.90 Å². The molecule has 0 fully saturated rings. The smallest absolute Gasteiger partial charge is 0.302 e. The van der Waals surface area contributed by atoms with Gasteiger partial charge < -0.3 is 14.4 Å². The van der Waals surface area contributed by atoms with Crippen LogP contribution in [-0.4, -0.2) is 22.2 Å². The number of ether oxygens (including phenoxy) is 1. The van der Waals surface area contributed by atoms with Crippen molar-refractivity contribution in [2.75, 3.05) is 6.61 Å². The summed E-state index contributed by atoms with van der Waals surface area (Å²) in [6, 6.07) is 12.6. The molecule has 6 nitrogen and oxygen atoms in total. The second kappa shape index (κ2) is 7.80. The molecule has 0 saturated carbocycles. The van der Waals surface area contributed by atoms with E-state index in [0.29, 0.717) is 16.2 Å². The van der Waals surface area contributed by atoms with E-state index in [0.717, 1.165) is 11.1 Å². The first-order valence-corrected chi connectivity index (χ1v) is 8.91. The van der Waals surface area contributed by atoms with E-state index >= 15 is 0 Å². The molecule has 0 aliphatic rings. The molecular weight excluding hydrogens is 366 g/mol. The van der Waals surface area contributed by atoms with Gasteiger partial charge in [0.1, 0.15) is 5.75 Å². The van der Waals surface area contributed by atoms with Crippen molar-refractivity contribution in [3.05, 3.63) is 53.1 Å². The molecule has 1 amide bonds. The maximum atomic E-state index is 12.1. The predicted octanol–water partition coefficient (Wildman–Crippen LogP) is 5.58. The Morgan fingerprint density at radius 3 is 2.70 bits per heavy atom. The molecule has 1 heterocycles. The first kappa shape index (κ1) is 18.9. The Bertz CT molecular complexity index is 1020. The number of rotatable bonds is 5. The quantitative estimate of drug-likeness (QED) is 0.582. The number of amides is 1. The van der Waals surface area contributed by atoms with Gasteiger partial charge in [0.2, 0.25) is 5.88 Å². The van der Waals surface area contributed by atoms with Gasteiger partial charge in [-0.2, -0.15) is 0 Å². The number of hydrogen-bond donors (Lipinski definition) is 1. The monoisotopic (exact) mass is 385 g/mol. The molecule has 3 rings (SSSR count). The number of aromatic hydroxyl groups is 1. The fourth-order valence-corrected chi connectivity index (χ4v) is 3.04. The summed E-state index contributed by atoms with van der Waals surface area (Å²) in [5.41, 5.74) is 1.91. The van der Waals surface area contributed by atoms with Gasteiger partial charge in [-0.25, -0.2) is 0 Å². The molecule has 7 heteroatoms. The molecule has 3 aromatic rings. The van der Waals surface area contributed by atoms with Crippen molar-refractivity contribution < 1.29 is 14.6 Å². The van der Waals surface area contributed by atoms with Crippen molar-refractivity contribution in [3.63, 3.8) is 0 Å². The van der Waals surface area contributed by atoms with Crippen LogP contribution in [0.3, 0.4) is 0 Å². The van der Waals surface area contributed by atoms with E-state index in [1.807, 2.05) is 39.0 Å². The van der Waals surface area contributed by atoms with Gasteiger partial charge in [-0.3, -0.25) is 4.79 Å². The SMILES string of the molecule is Cc1ccccc1OCC(=O)N=Nc1c(O)n(C(C)C)c2ccc(Cl)cc12. The average molecular weight is 386 g/mol. The highest BCUT2D eigenvalue weighted by Crippen LogP contribution is 2.41. The lowest BCUT2D eigenvalue weighted by atomic mass is 10.2. The van der Waals surface area contributed by atoms with Gasteiger partial charge >= 0.3 is 5.91 Å². The average Bonchev–Trinajstić information content (AvgIpc) is 2.90. The normalized spacial score (nSPS) is 11.6. The second-order valence-electron chi connectivity index (χ2n) is 6.45. The van der Waals surface area contributed by atoms with E-state index in [-0.39, 0.29) is 24.2 Å². The second-order valence-corrected chi connectivity index (χ2v) is 6.88. The molecule has 0 unspecified atom stereocenters. The van der Waals surface area contributed by atoms with Gasteiger partial charge in [0, 0.05) is 16.5 Å². The Morgan fingerprint density at radius 1 is 1.26 bits per heavy atom. The molecule has 0 radical (unpaired) electrons. The Balaban J connectivity index is 1.85. The summed E-state index contributed by atoms with van der Waals surface area (Å²) in [4.78, 5) is 12.1. The van der Waals surface area contributed by atoms with Crippen molar-refractivity contribution in [1.29, 1.82) is 0 Å². The Kier molecular flexibility index (Phi) is 5.46. The summed E-state index contributed by atoms with van der Waals surface area (Å²) >= 11 is 6.08. The van der Waals surface area contributed by atoms with Crippen molar-refractivity contribution in [2.45, 2.75) is 26.8 Å². The Hall–Kier alpha value is -2.86. The number of aryl methyl sites for hydroxylation is 1. The number of halogens is 1. The number of benzene rings is 2. The van der Waals surface area contributed by atoms with Crippen LogP contribution in [0.2, 0.25) is 5.02 Å². The third kappa shape index (κ3) is 3.95. The van der Waals surface area contributed by atoms with Crippen molar-refractivity contribution >= 4 is 34.1 Å². The fraction of sp³-hybridized carbons (Fsp3) is 0.250. The summed E-state index contributed by atoms with van der Waals surface area (Å²) in [6.07, 6.45) is 0. The van der Waals surface area contributed by atoms with E-state index in [1.54, 1.807) is 28.8 Å². The van der Waals surface area contributed by atoms with E-state index in [1.165, 1.54) is 0 Å². The standard InChI is InChI=1S/C20H20ClN3O3/c1-12(2)24-16-9-8-14(21)10-15(16)19(20(24)26)23-22-18(25)11-27-17-7-5-4-6-13(17)3/h4-10,12,26H,11H2,1-3H3. The summed E-state index contributed by atoms with van der Waals surface area (Å²) in [6.45, 7) is 5.54. The first-order valence-electron chi connectivity index (χ1n) is 8.54. The van der Waals surface area contributed by atoms with Crippen LogP contribution in [0.1, 0.15) is 25.5 Å². The maximum Gasteiger partial charge on any atom is 0.302 e. The molecule has 1 N–H and O–H groups in total. The zero-order valence-corrected chi connectivity index (χ0v) is 16.1. The molecule has 0 spiro atoms. The Morgan fingerprint density at radius 2 is 2.00 bits per heavy atom. The summed E-state index contributed by atoms with van der Waals surface area (Å²) in [5.74, 6) is 0.0101. The van der Waals surface area contributed by atoms with E-state index < -0.39 is 5.91 Å². The number of aromatic nitrogens is 1. The zero-order valence-electron chi connectivity index (χ0n) is 15.3. The number of fused-ring (bicyclic) bond motifs is 1. The minimum atomic E-state index is -0.551. The van der Waals surface area contributed by atoms with Crippen LogP contribution < -0.4 is 4.74 Å². The van der Waals surface area contributed by atoms with Crippen LogP contribution in [0, 0.1) is 6.92 Å². The van der Waals surface area contributed by atoms with Gasteiger partial charge in [0.15, 0.2) is 12.3 Å². The molecule has 27 heavy (non-hydrogen) atoms. The third-order valence-electron chi connectivity index (χ3n) is 4.14. The van der Waals surface area contributed by atoms with Gasteiger partial charge in [-0.15, -0.1) is 10.2 Å². The molecule has 0 aliphatic carbocycles. The highest BCUT2D eigenvalue weighted by Gasteiger charge is 2.19. The van der Waals surface area contributed by atoms with Gasteiger partial charge in [-0.1, -0.05) is 29.8 Å². The van der Waals surface area contributed by atoms with Crippen LogP contribution in [-0.2, 0) is 4.79 Å². The van der Waals surface area contributed by atoms with Gasteiger partial charge in [-0.05, 0) is 50.6 Å². The number of hydrogen-bond acceptors (Lipinski definition) is 4. The summed E-state index contributed by atoms with van der Waals surface area (Å²) in [5, 5.41) is 19.4. The Labute approximate surface area is 162 Å². The largest absolute Gasteiger partial charge is 0.493 e. The molecule has 0 bridgehead atoms. The molecule has 1 aromatic heterocycles. The van der Waals surface area contributed by atoms with Crippen LogP contribution >= 0.6 is 11.6 Å². The number of nitrogens with zero attached hydrogens (tertiary/aromatic N) is 3. The highest BCUT2D eigenvalue weighted by atomic mass is 35.5. The fourth-order valence-electron chi connectivity index (χ4n) is 2.87. The number of para-hydroxylation sites is 1. The molecule has 0 aliphatic heterocycles. The highest BCUT2D eigenvalue weighted by molar-refractivity contribution is 6.31. The topological polar surface area (TPSA) is 76.2 Å². The summed E-state index contributed by atoms with van der Waals surface area (Å²) < 4.78 is 7.19. The molecule has 0 saturated heterocycles. The third-order valence-corrected chi connectivity index (χ3v) is 4.37. The molecule has 0 atom stereocenters. The molecular formula is C20H20ClN3O3. The first-order chi connectivity index (χ1) is 12.9. The van der Waals surface area contributed by atoms with Crippen LogP contribution in [0.15, 0.2) is 52.7 Å². The lowest BCUT2D eigenvalue weighted by molar-refractivity contribution is -0.120. The number of carbonyl (C=O) groups is 1. The number of azo groups is 1. The minimum Gasteiger partial charge on any atom is -0.493 e. The lowest BCUT2D eigenvalue weighted by Gasteiger charge is -2.10. The van der Waals surface area contributed by atoms with Gasteiger partial charge in [0.25, 0.3) is 0 Å². The van der Waals surface area contributed by atoms with Crippen LogP contribution in [0.4, 0.5) is 5.69 Å². The maximum absolute atomic E-state index is 12.1. The van der Waals surface area contributed by atoms with Crippen molar-refractivity contribution in [1.82, 2.24) is 4.57 Å². The predicted molar refractivity (Wildman–Crippen MR) is 105 cm³/mol. The number of carbonyl (C=O) groups excluding carboxylic acids is 1. The van der Waals surface area contributed by atoms with E-state index in [4.69, 9.17) is 16.3 Å². The molecule has 140 valence electrons. The van der Waals surface area contributed by atoms with Crippen LogP contribution in [0.25, 0.3) is 10.9 Å². The van der Waals surface area contributed by atoms with Gasteiger partial charge in [0.05, 0.1) is 5.52 Å². The zero-order chi connectivity index (χ0) is 19.6. The van der Waals surface area contributed by atoms with Crippen LogP contribution in [0.5, 0.6) is 11.6 Å². The van der Waals surface area contributed by atoms with Crippen molar-refractivity contribution in [2.24, 2.45) is 10.2 Å². The summed E-state index contributed by atoms with van der Waals surface area (Å²) in [7, 11) is 0.